The van der Waals surface area contributed by atoms with Crippen molar-refractivity contribution in [3.05, 3.63) is 34.9 Å². The van der Waals surface area contributed by atoms with Crippen molar-refractivity contribution < 1.29 is 0 Å². The van der Waals surface area contributed by atoms with Crippen LogP contribution >= 0.6 is 0 Å². The minimum atomic E-state index is 0. The molecule has 1 rings (SSSR count). The summed E-state index contributed by atoms with van der Waals surface area (Å²) in [5.74, 6) is 1.27. The third-order valence-corrected chi connectivity index (χ3v) is 2.59. The van der Waals surface area contributed by atoms with Crippen LogP contribution in [0.5, 0.6) is 0 Å². The lowest BCUT2D eigenvalue weighted by atomic mass is 9.92. The lowest BCUT2D eigenvalue weighted by Gasteiger charge is -2.13. The first-order chi connectivity index (χ1) is 6.02. The van der Waals surface area contributed by atoms with Crippen LogP contribution in [0.2, 0.25) is 0 Å². The van der Waals surface area contributed by atoms with Crippen molar-refractivity contribution in [2.75, 3.05) is 0 Å². The van der Waals surface area contributed by atoms with Gasteiger partial charge in [0.15, 0.2) is 0 Å². The van der Waals surface area contributed by atoms with Crippen LogP contribution in [-0.4, -0.2) is 0 Å². The molecule has 0 saturated heterocycles. The average Bonchev–Trinajstić information content (AvgIpc) is 2.04. The summed E-state index contributed by atoms with van der Waals surface area (Å²) < 4.78 is 0. The van der Waals surface area contributed by atoms with Crippen LogP contribution in [0.1, 0.15) is 63.6 Å². The fourth-order valence-electron chi connectivity index (χ4n) is 1.64. The maximum absolute atomic E-state index is 2.35. The second kappa shape index (κ2) is 5.19. The van der Waals surface area contributed by atoms with Crippen molar-refractivity contribution in [3.63, 3.8) is 0 Å². The quantitative estimate of drug-likeness (QED) is 0.626. The fourth-order valence-corrected chi connectivity index (χ4v) is 1.64. The summed E-state index contributed by atoms with van der Waals surface area (Å²) in [5.41, 5.74) is 4.36. The molecule has 0 saturated carbocycles. The van der Waals surface area contributed by atoms with E-state index >= 15 is 0 Å². The predicted octanol–water partition coefficient (Wildman–Crippen LogP) is 4.88. The Bertz CT molecular complexity index is 282. The molecule has 0 bridgehead atoms. The average molecular weight is 192 g/mol. The van der Waals surface area contributed by atoms with E-state index < -0.39 is 0 Å². The van der Waals surface area contributed by atoms with Gasteiger partial charge in [-0.3, -0.25) is 0 Å². The summed E-state index contributed by atoms with van der Waals surface area (Å²) in [4.78, 5) is 0. The Balaban J connectivity index is 0.00000169. The Labute approximate surface area is 89.4 Å². The molecule has 1 aromatic rings. The minimum Gasteiger partial charge on any atom is -0.0776 e. The third kappa shape index (κ3) is 2.87. The summed E-state index contributed by atoms with van der Waals surface area (Å²) in [5, 5.41) is 0. The first kappa shape index (κ1) is 13.2. The Morgan fingerprint density at radius 1 is 0.929 bits per heavy atom. The normalized spacial score (nSPS) is 10.5. The Hall–Kier alpha value is -0.780. The molecule has 0 heteroatoms. The monoisotopic (exact) mass is 192 g/mol. The molecule has 0 spiro atoms. The topological polar surface area (TPSA) is 0 Å². The molecule has 0 aliphatic carbocycles. The molecule has 80 valence electrons. The van der Waals surface area contributed by atoms with E-state index in [0.717, 1.165) is 0 Å². The van der Waals surface area contributed by atoms with E-state index in [9.17, 15) is 0 Å². The molecule has 0 atom stereocenters. The Kier molecular flexibility index (Phi) is 4.90. The van der Waals surface area contributed by atoms with Crippen molar-refractivity contribution in [3.8, 4) is 0 Å². The van der Waals surface area contributed by atoms with Gasteiger partial charge in [-0.05, 0) is 35.4 Å². The van der Waals surface area contributed by atoms with E-state index in [1.165, 1.54) is 16.7 Å². The van der Waals surface area contributed by atoms with E-state index in [1.807, 2.05) is 0 Å². The zero-order valence-electron chi connectivity index (χ0n) is 9.39. The zero-order chi connectivity index (χ0) is 10.0. The second-order valence-corrected chi connectivity index (χ2v) is 4.43. The van der Waals surface area contributed by atoms with Gasteiger partial charge in [-0.15, -0.1) is 0 Å². The summed E-state index contributed by atoms with van der Waals surface area (Å²) >= 11 is 0. The summed E-state index contributed by atoms with van der Waals surface area (Å²) in [6.45, 7) is 11.2. The van der Waals surface area contributed by atoms with Gasteiger partial charge in [-0.25, -0.2) is 0 Å². The van der Waals surface area contributed by atoms with Crippen molar-refractivity contribution >= 4 is 0 Å². The highest BCUT2D eigenvalue weighted by atomic mass is 14.1. The standard InChI is InChI=1S/C13H20.CH4/c1-9(2)12-7-6-11(5)13(8-12)10(3)4;/h6-10H,1-5H3;1H4. The molecule has 0 fully saturated rings. The molecular formula is C14H24. The van der Waals surface area contributed by atoms with Gasteiger partial charge in [0.1, 0.15) is 0 Å². The summed E-state index contributed by atoms with van der Waals surface area (Å²) in [6, 6.07) is 6.83. The van der Waals surface area contributed by atoms with Crippen LogP contribution < -0.4 is 0 Å². The maximum Gasteiger partial charge on any atom is -0.0216 e. The molecule has 0 aliphatic rings. The smallest absolute Gasteiger partial charge is 0.0216 e. The van der Waals surface area contributed by atoms with Gasteiger partial charge in [-0.2, -0.15) is 0 Å². The minimum absolute atomic E-state index is 0. The first-order valence-electron chi connectivity index (χ1n) is 5.12. The van der Waals surface area contributed by atoms with Gasteiger partial charge in [0.2, 0.25) is 0 Å². The number of benzene rings is 1. The van der Waals surface area contributed by atoms with Crippen LogP contribution in [0, 0.1) is 6.92 Å². The zero-order valence-corrected chi connectivity index (χ0v) is 9.39. The third-order valence-electron chi connectivity index (χ3n) is 2.59. The fraction of sp³-hybridized carbons (Fsp3) is 0.571. The van der Waals surface area contributed by atoms with Crippen molar-refractivity contribution in [2.45, 2.75) is 53.9 Å². The van der Waals surface area contributed by atoms with Crippen LogP contribution in [0.4, 0.5) is 0 Å². The van der Waals surface area contributed by atoms with Crippen molar-refractivity contribution in [1.29, 1.82) is 0 Å². The number of hydrogen-bond acceptors (Lipinski definition) is 0. The molecular weight excluding hydrogens is 168 g/mol. The molecule has 0 radical (unpaired) electrons. The van der Waals surface area contributed by atoms with E-state index in [0.29, 0.717) is 11.8 Å². The van der Waals surface area contributed by atoms with E-state index in [-0.39, 0.29) is 7.43 Å². The molecule has 0 aliphatic heterocycles. The van der Waals surface area contributed by atoms with E-state index in [1.54, 1.807) is 0 Å². The Morgan fingerprint density at radius 2 is 1.50 bits per heavy atom. The van der Waals surface area contributed by atoms with Crippen LogP contribution in [-0.2, 0) is 0 Å². The van der Waals surface area contributed by atoms with Gasteiger partial charge in [-0.1, -0.05) is 53.3 Å². The SMILES string of the molecule is C.Cc1ccc(C(C)C)cc1C(C)C. The van der Waals surface area contributed by atoms with Gasteiger partial charge >= 0.3 is 0 Å². The molecule has 0 N–H and O–H groups in total. The first-order valence-corrected chi connectivity index (χ1v) is 5.12. The molecule has 14 heavy (non-hydrogen) atoms. The lowest BCUT2D eigenvalue weighted by molar-refractivity contribution is 0.827. The van der Waals surface area contributed by atoms with Crippen LogP contribution in [0.3, 0.4) is 0 Å². The maximum atomic E-state index is 2.35. The predicted molar refractivity (Wildman–Crippen MR) is 66.1 cm³/mol. The number of aryl methyl sites for hydroxylation is 1. The molecule has 0 heterocycles. The van der Waals surface area contributed by atoms with E-state index in [2.05, 4.69) is 52.8 Å². The number of hydrogen-bond donors (Lipinski definition) is 0. The van der Waals surface area contributed by atoms with Crippen LogP contribution in [0.25, 0.3) is 0 Å². The van der Waals surface area contributed by atoms with Crippen molar-refractivity contribution in [1.82, 2.24) is 0 Å². The molecule has 1 aromatic carbocycles. The highest BCUT2D eigenvalue weighted by Crippen LogP contribution is 2.23. The van der Waals surface area contributed by atoms with E-state index in [4.69, 9.17) is 0 Å². The van der Waals surface area contributed by atoms with Crippen molar-refractivity contribution in [2.24, 2.45) is 0 Å². The largest absolute Gasteiger partial charge is 0.0776 e. The van der Waals surface area contributed by atoms with Crippen LogP contribution in [0.15, 0.2) is 18.2 Å². The van der Waals surface area contributed by atoms with Gasteiger partial charge < -0.3 is 0 Å². The molecule has 0 aromatic heterocycles. The summed E-state index contributed by atoms with van der Waals surface area (Å²) in [6.07, 6.45) is 0. The highest BCUT2D eigenvalue weighted by molar-refractivity contribution is 5.34. The van der Waals surface area contributed by atoms with Gasteiger partial charge in [0.05, 0.1) is 0 Å². The van der Waals surface area contributed by atoms with Gasteiger partial charge in [0, 0.05) is 0 Å². The lowest BCUT2D eigenvalue weighted by Crippen LogP contribution is -1.95. The van der Waals surface area contributed by atoms with Gasteiger partial charge in [0.25, 0.3) is 0 Å². The second-order valence-electron chi connectivity index (χ2n) is 4.43. The molecule has 0 amide bonds. The Morgan fingerprint density at radius 3 is 1.93 bits per heavy atom. The molecule has 0 unspecified atom stereocenters. The highest BCUT2D eigenvalue weighted by Gasteiger charge is 2.06. The number of rotatable bonds is 2. The summed E-state index contributed by atoms with van der Waals surface area (Å²) in [7, 11) is 0. The molecule has 0 nitrogen and oxygen atoms in total.